The van der Waals surface area contributed by atoms with Crippen molar-refractivity contribution in [1.29, 1.82) is 0 Å². The molecule has 1 spiro atoms. The highest BCUT2D eigenvalue weighted by atomic mass is 16.5. The lowest BCUT2D eigenvalue weighted by atomic mass is 10.0. The Morgan fingerprint density at radius 3 is 2.81 bits per heavy atom. The number of morpholine rings is 1. The van der Waals surface area contributed by atoms with Crippen LogP contribution in [0.25, 0.3) is 0 Å². The van der Waals surface area contributed by atoms with Crippen LogP contribution < -0.4 is 4.90 Å². The largest absolute Gasteiger partial charge is 0.376 e. The molecule has 4 rings (SSSR count). The van der Waals surface area contributed by atoms with Crippen molar-refractivity contribution < 1.29 is 14.3 Å². The summed E-state index contributed by atoms with van der Waals surface area (Å²) in [6.07, 6.45) is 6.67. The molecule has 138 valence electrons. The number of amides is 1. The van der Waals surface area contributed by atoms with Crippen LogP contribution in [0.2, 0.25) is 0 Å². The van der Waals surface area contributed by atoms with Crippen molar-refractivity contribution in [2.24, 2.45) is 7.05 Å². The van der Waals surface area contributed by atoms with Gasteiger partial charge in [0, 0.05) is 32.5 Å². The average molecular weight is 358 g/mol. The predicted octanol–water partition coefficient (Wildman–Crippen LogP) is -0.0419. The number of rotatable bonds is 2. The summed E-state index contributed by atoms with van der Waals surface area (Å²) in [4.78, 5) is 29.5. The molecule has 1 unspecified atom stereocenters. The van der Waals surface area contributed by atoms with E-state index in [-0.39, 0.29) is 5.91 Å². The quantitative estimate of drug-likeness (QED) is 0.744. The molecule has 2 aromatic heterocycles. The summed E-state index contributed by atoms with van der Waals surface area (Å²) in [5.41, 5.74) is -0.0257. The highest BCUT2D eigenvalue weighted by Crippen LogP contribution is 2.25. The number of nitrogens with zero attached hydrogens (tertiary/aromatic N) is 6. The molecule has 0 radical (unpaired) electrons. The van der Waals surface area contributed by atoms with E-state index in [1.54, 1.807) is 35.6 Å². The molecule has 4 heterocycles. The van der Waals surface area contributed by atoms with E-state index in [0.717, 1.165) is 0 Å². The third kappa shape index (κ3) is 3.27. The summed E-state index contributed by atoms with van der Waals surface area (Å²) in [6.45, 7) is 3.74. The van der Waals surface area contributed by atoms with Gasteiger partial charge in [-0.05, 0) is 6.07 Å². The summed E-state index contributed by atoms with van der Waals surface area (Å²) in [5.74, 6) is 0.607. The number of imidazole rings is 1. The maximum absolute atomic E-state index is 12.9. The van der Waals surface area contributed by atoms with Crippen molar-refractivity contribution >= 4 is 11.9 Å². The fraction of sp³-hybridized carbons (Fsp3) is 0.529. The molecule has 0 aliphatic carbocycles. The Labute approximate surface area is 151 Å². The minimum absolute atomic E-state index is 0.0422. The average Bonchev–Trinajstić information content (AvgIpc) is 3.00. The summed E-state index contributed by atoms with van der Waals surface area (Å²) in [6, 6.07) is 1.79. The number of carbonyl (C=O) groups excluding carboxylic acids is 1. The Morgan fingerprint density at radius 1 is 1.19 bits per heavy atom. The first-order valence-corrected chi connectivity index (χ1v) is 8.66. The van der Waals surface area contributed by atoms with Crippen molar-refractivity contribution in [1.82, 2.24) is 24.4 Å². The monoisotopic (exact) mass is 358 g/mol. The Balaban J connectivity index is 1.54. The molecule has 0 aromatic carbocycles. The molecular formula is C17H22N6O3. The van der Waals surface area contributed by atoms with E-state index in [9.17, 15) is 4.79 Å². The zero-order valence-electron chi connectivity index (χ0n) is 14.7. The minimum atomic E-state index is -0.595. The lowest BCUT2D eigenvalue weighted by Gasteiger charge is -2.43. The second kappa shape index (κ2) is 7.00. The normalized spacial score (nSPS) is 23.9. The van der Waals surface area contributed by atoms with Gasteiger partial charge in [-0.1, -0.05) is 0 Å². The highest BCUT2D eigenvalue weighted by Gasteiger charge is 2.42. The van der Waals surface area contributed by atoms with E-state index in [2.05, 4.69) is 19.9 Å². The van der Waals surface area contributed by atoms with Crippen molar-refractivity contribution in [2.75, 3.05) is 50.9 Å². The molecule has 9 heteroatoms. The summed E-state index contributed by atoms with van der Waals surface area (Å²) >= 11 is 0. The summed E-state index contributed by atoms with van der Waals surface area (Å²) in [7, 11) is 1.82. The van der Waals surface area contributed by atoms with Crippen LogP contribution >= 0.6 is 0 Å². The van der Waals surface area contributed by atoms with Crippen LogP contribution in [0.15, 0.2) is 31.0 Å². The summed E-state index contributed by atoms with van der Waals surface area (Å²) in [5, 5.41) is 0. The Bertz CT molecular complexity index is 767. The summed E-state index contributed by atoms with van der Waals surface area (Å²) < 4.78 is 13.7. The van der Waals surface area contributed by atoms with Crippen LogP contribution in [0.5, 0.6) is 0 Å². The van der Waals surface area contributed by atoms with E-state index in [0.29, 0.717) is 57.6 Å². The van der Waals surface area contributed by atoms with Gasteiger partial charge in [-0.25, -0.2) is 15.0 Å². The Morgan fingerprint density at radius 2 is 2.04 bits per heavy atom. The first-order valence-electron chi connectivity index (χ1n) is 8.66. The lowest BCUT2D eigenvalue weighted by molar-refractivity contribution is -0.124. The highest BCUT2D eigenvalue weighted by molar-refractivity contribution is 5.92. The van der Waals surface area contributed by atoms with Gasteiger partial charge >= 0.3 is 0 Å². The maximum atomic E-state index is 12.9. The molecule has 2 fully saturated rings. The van der Waals surface area contributed by atoms with Gasteiger partial charge < -0.3 is 23.8 Å². The number of ether oxygens (including phenoxy) is 2. The fourth-order valence-electron chi connectivity index (χ4n) is 3.46. The molecule has 1 atom stereocenters. The third-order valence-electron chi connectivity index (χ3n) is 4.76. The van der Waals surface area contributed by atoms with Crippen LogP contribution in [0.1, 0.15) is 10.5 Å². The van der Waals surface area contributed by atoms with Crippen LogP contribution in [0.4, 0.5) is 5.95 Å². The van der Waals surface area contributed by atoms with Gasteiger partial charge in [0.1, 0.15) is 11.3 Å². The molecule has 26 heavy (non-hydrogen) atoms. The van der Waals surface area contributed by atoms with Crippen LogP contribution in [0.3, 0.4) is 0 Å². The smallest absolute Gasteiger partial charge is 0.272 e. The molecule has 0 N–H and O–H groups in total. The minimum Gasteiger partial charge on any atom is -0.376 e. The van der Waals surface area contributed by atoms with Crippen molar-refractivity contribution in [3.8, 4) is 0 Å². The molecule has 0 saturated carbocycles. The van der Waals surface area contributed by atoms with Crippen LogP contribution in [0, 0.1) is 0 Å². The van der Waals surface area contributed by atoms with Crippen molar-refractivity contribution in [3.63, 3.8) is 0 Å². The van der Waals surface area contributed by atoms with E-state index < -0.39 is 5.60 Å². The Hall–Kier alpha value is -2.52. The number of hydrogen-bond acceptors (Lipinski definition) is 7. The molecule has 2 saturated heterocycles. The van der Waals surface area contributed by atoms with Crippen LogP contribution in [-0.4, -0.2) is 81.9 Å². The zero-order valence-corrected chi connectivity index (χ0v) is 14.7. The number of anilines is 1. The van der Waals surface area contributed by atoms with E-state index in [1.165, 1.54) is 0 Å². The van der Waals surface area contributed by atoms with E-state index in [1.807, 2.05) is 11.9 Å². The standard InChI is InChI=1S/C17H22N6O3/c1-21-13-18-9-14(21)15(24)22-6-8-26-17(10-22)11-23(5-7-25-12-17)16-19-3-2-4-20-16/h2-4,9,13H,5-8,10-12H2,1H3. The van der Waals surface area contributed by atoms with Gasteiger partial charge in [-0.3, -0.25) is 4.79 Å². The molecule has 1 amide bonds. The van der Waals surface area contributed by atoms with Crippen molar-refractivity contribution in [2.45, 2.75) is 5.60 Å². The number of carbonyl (C=O) groups is 1. The van der Waals surface area contributed by atoms with Crippen molar-refractivity contribution in [3.05, 3.63) is 36.7 Å². The van der Waals surface area contributed by atoms with Gasteiger partial charge in [-0.15, -0.1) is 0 Å². The number of hydrogen-bond donors (Lipinski definition) is 0. The second-order valence-electron chi connectivity index (χ2n) is 6.67. The predicted molar refractivity (Wildman–Crippen MR) is 92.9 cm³/mol. The van der Waals surface area contributed by atoms with Gasteiger partial charge in [0.2, 0.25) is 5.95 Å². The lowest BCUT2D eigenvalue weighted by Crippen LogP contribution is -2.60. The molecule has 9 nitrogen and oxygen atoms in total. The third-order valence-corrected chi connectivity index (χ3v) is 4.76. The molecule has 2 aliphatic heterocycles. The number of aryl methyl sites for hydroxylation is 1. The van der Waals surface area contributed by atoms with Gasteiger partial charge in [0.15, 0.2) is 0 Å². The Kier molecular flexibility index (Phi) is 4.56. The van der Waals surface area contributed by atoms with E-state index in [4.69, 9.17) is 9.47 Å². The number of aromatic nitrogens is 4. The topological polar surface area (TPSA) is 85.6 Å². The van der Waals surface area contributed by atoms with E-state index >= 15 is 0 Å². The van der Waals surface area contributed by atoms with Gasteiger partial charge in [0.05, 0.1) is 45.4 Å². The first-order chi connectivity index (χ1) is 12.7. The molecule has 2 aliphatic rings. The zero-order chi connectivity index (χ0) is 18.0. The maximum Gasteiger partial charge on any atom is 0.272 e. The van der Waals surface area contributed by atoms with Gasteiger partial charge in [-0.2, -0.15) is 0 Å². The second-order valence-corrected chi connectivity index (χ2v) is 6.67. The fourth-order valence-corrected chi connectivity index (χ4v) is 3.46. The van der Waals surface area contributed by atoms with Crippen LogP contribution in [-0.2, 0) is 16.5 Å². The molecule has 2 aromatic rings. The molecular weight excluding hydrogens is 336 g/mol. The first kappa shape index (κ1) is 16.9. The molecule has 0 bridgehead atoms. The SMILES string of the molecule is Cn1cncc1C(=O)N1CCOC2(COCCN(c3ncccn3)C2)C1. The van der Waals surface area contributed by atoms with Gasteiger partial charge in [0.25, 0.3) is 5.91 Å².